The largest absolute Gasteiger partial charge is 0.497 e. The van der Waals surface area contributed by atoms with Gasteiger partial charge in [0, 0.05) is 0 Å². The van der Waals surface area contributed by atoms with Crippen molar-refractivity contribution in [1.29, 1.82) is 0 Å². The van der Waals surface area contributed by atoms with Crippen molar-refractivity contribution in [3.8, 4) is 0 Å². The van der Waals surface area contributed by atoms with Gasteiger partial charge in [-0.2, -0.15) is 17.6 Å². The van der Waals surface area contributed by atoms with Gasteiger partial charge >= 0.3 is 6.18 Å². The van der Waals surface area contributed by atoms with Gasteiger partial charge < -0.3 is 10.5 Å². The number of nitrogens with two attached hydrogens (primary N) is 1. The molecule has 0 amide bonds. The minimum Gasteiger partial charge on any atom is -0.497 e. The monoisotopic (exact) mass is 212 g/mol. The molecule has 0 saturated carbocycles. The Morgan fingerprint density at radius 2 is 2.00 bits per heavy atom. The summed E-state index contributed by atoms with van der Waals surface area (Å²) in [4.78, 5) is 2.67. The van der Waals surface area contributed by atoms with Crippen LogP contribution < -0.4 is 5.73 Å². The smallest absolute Gasteiger partial charge is 0.424 e. The molecule has 0 aliphatic rings. The van der Waals surface area contributed by atoms with Crippen molar-refractivity contribution in [3.05, 3.63) is 23.9 Å². The average Bonchev–Trinajstić information content (AvgIpc) is 2.02. The Kier molecular flexibility index (Phi) is 4.13. The molecule has 0 aromatic carbocycles. The van der Waals surface area contributed by atoms with Crippen molar-refractivity contribution < 1.29 is 22.3 Å². The van der Waals surface area contributed by atoms with Gasteiger partial charge in [-0.05, 0) is 0 Å². The molecule has 0 radical (unpaired) electrons. The molecule has 14 heavy (non-hydrogen) atoms. The summed E-state index contributed by atoms with van der Waals surface area (Å²) in [5.41, 5.74) is 2.97. The van der Waals surface area contributed by atoms with Crippen LogP contribution in [-0.2, 0) is 4.74 Å². The van der Waals surface area contributed by atoms with E-state index < -0.39 is 23.5 Å². The van der Waals surface area contributed by atoms with E-state index in [9.17, 15) is 17.6 Å². The van der Waals surface area contributed by atoms with Crippen LogP contribution in [0.5, 0.6) is 0 Å². The fourth-order valence-electron chi connectivity index (χ4n) is 0.622. The van der Waals surface area contributed by atoms with E-state index in [1.807, 2.05) is 0 Å². The fourth-order valence-corrected chi connectivity index (χ4v) is 0.622. The molecular formula is C7H8F4N2O. The number of hydrogen-bond donors (Lipinski definition) is 1. The zero-order valence-electron chi connectivity index (χ0n) is 7.23. The molecule has 0 atom stereocenters. The summed E-state index contributed by atoms with van der Waals surface area (Å²) in [5.74, 6) is -2.65. The summed E-state index contributed by atoms with van der Waals surface area (Å²) < 4.78 is 53.5. The van der Waals surface area contributed by atoms with Crippen molar-refractivity contribution in [2.45, 2.75) is 6.18 Å². The van der Waals surface area contributed by atoms with Gasteiger partial charge in [0.15, 0.2) is 5.57 Å². The second kappa shape index (κ2) is 4.64. The van der Waals surface area contributed by atoms with Gasteiger partial charge in [-0.1, -0.05) is 6.58 Å². The van der Waals surface area contributed by atoms with Crippen LogP contribution in [0.1, 0.15) is 0 Å². The first-order chi connectivity index (χ1) is 6.34. The molecule has 0 aliphatic heterocycles. The minimum absolute atomic E-state index is 0.407. The Morgan fingerprint density at radius 3 is 2.29 bits per heavy atom. The van der Waals surface area contributed by atoms with Crippen LogP contribution >= 0.6 is 0 Å². The maximum atomic E-state index is 12.7. The molecule has 0 aliphatic carbocycles. The summed E-state index contributed by atoms with van der Waals surface area (Å²) in [6.45, 7) is 2.89. The Balaban J connectivity index is 5.31. The minimum atomic E-state index is -4.93. The van der Waals surface area contributed by atoms with E-state index in [1.54, 1.807) is 0 Å². The number of allylic oxidation sites excluding steroid dienone is 1. The molecule has 0 rings (SSSR count). The molecule has 0 fully saturated rings. The van der Waals surface area contributed by atoms with Gasteiger partial charge in [-0.3, -0.25) is 0 Å². The number of aliphatic imine (C=N–C) groups is 1. The van der Waals surface area contributed by atoms with Crippen LogP contribution in [0.15, 0.2) is 28.9 Å². The van der Waals surface area contributed by atoms with Gasteiger partial charge in [-0.15, -0.1) is 0 Å². The molecule has 0 spiro atoms. The van der Waals surface area contributed by atoms with Gasteiger partial charge in [0.25, 0.3) is 0 Å². The van der Waals surface area contributed by atoms with Crippen LogP contribution in [0.4, 0.5) is 17.6 Å². The molecule has 0 bridgehead atoms. The molecule has 0 heterocycles. The van der Waals surface area contributed by atoms with Crippen molar-refractivity contribution in [3.63, 3.8) is 0 Å². The molecule has 3 nitrogen and oxygen atoms in total. The molecule has 0 unspecified atom stereocenters. The topological polar surface area (TPSA) is 47.6 Å². The SMILES string of the molecule is C=C(OC)/C(=C(/F)N=CN)C(F)(F)F. The summed E-state index contributed by atoms with van der Waals surface area (Å²) in [6, 6.07) is 0. The lowest BCUT2D eigenvalue weighted by molar-refractivity contribution is -0.0950. The molecule has 80 valence electrons. The highest BCUT2D eigenvalue weighted by molar-refractivity contribution is 5.53. The van der Waals surface area contributed by atoms with E-state index in [0.717, 1.165) is 7.11 Å². The Labute approximate surface area is 77.6 Å². The Hall–Kier alpha value is -1.53. The number of ether oxygens (including phenoxy) is 1. The standard InChI is InChI=1S/C7H8F4N2O/c1-4(14-2)5(7(9,10)11)6(8)13-3-12/h3H,1H2,2H3,(H2,12,13)/b6-5+. The Bertz CT molecular complexity index is 280. The normalized spacial score (nSPS) is 14.1. The number of methoxy groups -OCH3 is 1. The predicted octanol–water partition coefficient (Wildman–Crippen LogP) is 1.88. The van der Waals surface area contributed by atoms with Crippen LogP contribution in [0.3, 0.4) is 0 Å². The number of hydrogen-bond acceptors (Lipinski definition) is 2. The first-order valence-corrected chi connectivity index (χ1v) is 3.29. The highest BCUT2D eigenvalue weighted by Crippen LogP contribution is 2.34. The summed E-state index contributed by atoms with van der Waals surface area (Å²) >= 11 is 0. The van der Waals surface area contributed by atoms with Crippen molar-refractivity contribution >= 4 is 6.34 Å². The third kappa shape index (κ3) is 3.08. The molecule has 0 saturated heterocycles. The first-order valence-electron chi connectivity index (χ1n) is 3.29. The lowest BCUT2D eigenvalue weighted by Crippen LogP contribution is -2.16. The van der Waals surface area contributed by atoms with Gasteiger partial charge in [0.05, 0.1) is 13.4 Å². The van der Waals surface area contributed by atoms with E-state index in [1.165, 1.54) is 0 Å². The molecule has 0 aromatic heterocycles. The maximum Gasteiger partial charge on any atom is 0.424 e. The third-order valence-corrected chi connectivity index (χ3v) is 1.20. The second-order valence-corrected chi connectivity index (χ2v) is 2.07. The second-order valence-electron chi connectivity index (χ2n) is 2.07. The number of rotatable bonds is 3. The van der Waals surface area contributed by atoms with Crippen LogP contribution in [-0.4, -0.2) is 19.6 Å². The van der Waals surface area contributed by atoms with Crippen LogP contribution in [0.25, 0.3) is 0 Å². The van der Waals surface area contributed by atoms with E-state index in [4.69, 9.17) is 0 Å². The quantitative estimate of drug-likeness (QED) is 0.194. The molecule has 7 heteroatoms. The zero-order chi connectivity index (χ0) is 11.4. The lowest BCUT2D eigenvalue weighted by atomic mass is 10.2. The highest BCUT2D eigenvalue weighted by Gasteiger charge is 2.40. The number of alkyl halides is 3. The van der Waals surface area contributed by atoms with Crippen LogP contribution in [0.2, 0.25) is 0 Å². The van der Waals surface area contributed by atoms with E-state index >= 15 is 0 Å². The van der Waals surface area contributed by atoms with Gasteiger partial charge in [0.2, 0.25) is 5.95 Å². The summed E-state index contributed by atoms with van der Waals surface area (Å²) in [6.07, 6.45) is -4.52. The maximum absolute atomic E-state index is 12.7. The summed E-state index contributed by atoms with van der Waals surface area (Å²) in [7, 11) is 0.938. The van der Waals surface area contributed by atoms with Gasteiger partial charge in [0.1, 0.15) is 5.76 Å². The zero-order valence-corrected chi connectivity index (χ0v) is 7.23. The molecule has 2 N–H and O–H groups in total. The summed E-state index contributed by atoms with van der Waals surface area (Å²) in [5, 5.41) is 0. The fraction of sp³-hybridized carbons (Fsp3) is 0.286. The molecule has 0 aromatic rings. The van der Waals surface area contributed by atoms with Crippen molar-refractivity contribution in [2.24, 2.45) is 10.7 Å². The van der Waals surface area contributed by atoms with Crippen molar-refractivity contribution in [2.75, 3.05) is 7.11 Å². The highest BCUT2D eigenvalue weighted by atomic mass is 19.4. The van der Waals surface area contributed by atoms with Gasteiger partial charge in [-0.25, -0.2) is 4.99 Å². The molecular weight excluding hydrogens is 204 g/mol. The van der Waals surface area contributed by atoms with E-state index in [0.29, 0.717) is 6.34 Å². The van der Waals surface area contributed by atoms with Crippen molar-refractivity contribution in [1.82, 2.24) is 0 Å². The first kappa shape index (κ1) is 12.5. The van der Waals surface area contributed by atoms with E-state index in [-0.39, 0.29) is 0 Å². The third-order valence-electron chi connectivity index (χ3n) is 1.20. The predicted molar refractivity (Wildman–Crippen MR) is 43.0 cm³/mol. The number of halogens is 4. The van der Waals surface area contributed by atoms with E-state index in [2.05, 4.69) is 22.0 Å². The van der Waals surface area contributed by atoms with Crippen LogP contribution in [0, 0.1) is 0 Å². The number of nitrogens with zero attached hydrogens (tertiary/aromatic N) is 1. The average molecular weight is 212 g/mol. The Morgan fingerprint density at radius 1 is 1.50 bits per heavy atom. The lowest BCUT2D eigenvalue weighted by Gasteiger charge is -2.12.